The minimum atomic E-state index is -1.04. The molecule has 0 saturated heterocycles. The number of fused-ring (bicyclic) bond motifs is 1. The Morgan fingerprint density at radius 3 is 2.00 bits per heavy atom. The van der Waals surface area contributed by atoms with Gasteiger partial charge in [-0.2, -0.15) is 0 Å². The van der Waals surface area contributed by atoms with E-state index in [-0.39, 0.29) is 40.1 Å². The number of hydrogen-bond donors (Lipinski definition) is 1. The third kappa shape index (κ3) is 1.67. The molecule has 1 heterocycles. The van der Waals surface area contributed by atoms with Crippen LogP contribution in [-0.4, -0.2) is 37.8 Å². The molecule has 0 aromatic heterocycles. The number of rotatable bonds is 3. The van der Waals surface area contributed by atoms with Gasteiger partial charge in [0.2, 0.25) is 23.0 Å². The molecule has 19 heavy (non-hydrogen) atoms. The van der Waals surface area contributed by atoms with E-state index < -0.39 is 5.60 Å². The van der Waals surface area contributed by atoms with Crippen LogP contribution in [0, 0.1) is 0 Å². The fraction of sp³-hybridized carbons (Fsp3) is 0.462. The van der Waals surface area contributed by atoms with Gasteiger partial charge in [-0.3, -0.25) is 4.79 Å². The molecule has 1 aromatic carbocycles. The van der Waals surface area contributed by atoms with Crippen molar-refractivity contribution in [3.05, 3.63) is 5.56 Å². The number of carbonyl (C=O) groups excluding carboxylic acids is 1. The van der Waals surface area contributed by atoms with E-state index in [2.05, 4.69) is 0 Å². The monoisotopic (exact) mass is 268 g/mol. The van der Waals surface area contributed by atoms with Crippen molar-refractivity contribution >= 4 is 5.78 Å². The quantitative estimate of drug-likeness (QED) is 0.900. The lowest BCUT2D eigenvalue weighted by molar-refractivity contribution is 0.0677. The van der Waals surface area contributed by atoms with E-state index in [0.717, 1.165) is 0 Å². The highest BCUT2D eigenvalue weighted by atomic mass is 16.6. The molecule has 0 radical (unpaired) electrons. The Kier molecular flexibility index (Phi) is 2.96. The molecule has 104 valence electrons. The number of carbonyl (C=O) groups is 1. The summed E-state index contributed by atoms with van der Waals surface area (Å²) >= 11 is 0. The summed E-state index contributed by atoms with van der Waals surface area (Å²) in [5.74, 6) is -0.0589. The van der Waals surface area contributed by atoms with Gasteiger partial charge in [0.15, 0.2) is 17.1 Å². The first-order valence-corrected chi connectivity index (χ1v) is 5.67. The average molecular weight is 268 g/mol. The number of phenolic OH excluding ortho intramolecular Hbond substituents is 1. The van der Waals surface area contributed by atoms with Crippen molar-refractivity contribution in [2.24, 2.45) is 0 Å². The first-order chi connectivity index (χ1) is 8.88. The fourth-order valence-corrected chi connectivity index (χ4v) is 2.13. The summed E-state index contributed by atoms with van der Waals surface area (Å²) in [4.78, 5) is 12.3. The number of ketones is 1. The first-order valence-electron chi connectivity index (χ1n) is 5.67. The second-order valence-electron chi connectivity index (χ2n) is 4.59. The third-order valence-corrected chi connectivity index (χ3v) is 3.04. The number of methoxy groups -OCH3 is 3. The molecule has 6 heteroatoms. The van der Waals surface area contributed by atoms with Crippen molar-refractivity contribution < 1.29 is 28.8 Å². The van der Waals surface area contributed by atoms with Crippen molar-refractivity contribution in [2.45, 2.75) is 19.4 Å². The molecule has 6 nitrogen and oxygen atoms in total. The Morgan fingerprint density at radius 1 is 1.00 bits per heavy atom. The molecule has 2 rings (SSSR count). The molecule has 0 saturated carbocycles. The molecule has 1 N–H and O–H groups in total. The van der Waals surface area contributed by atoms with E-state index >= 15 is 0 Å². The minimum absolute atomic E-state index is 0.0308. The highest BCUT2D eigenvalue weighted by molar-refractivity contribution is 6.11. The van der Waals surface area contributed by atoms with Gasteiger partial charge < -0.3 is 24.1 Å². The van der Waals surface area contributed by atoms with Gasteiger partial charge in [-0.15, -0.1) is 0 Å². The molecule has 0 atom stereocenters. The van der Waals surface area contributed by atoms with Crippen LogP contribution in [-0.2, 0) is 0 Å². The number of benzene rings is 1. The maximum absolute atomic E-state index is 12.3. The molecule has 0 fully saturated rings. The molecule has 1 aliphatic rings. The molecule has 0 spiro atoms. The Hall–Kier alpha value is -2.11. The minimum Gasteiger partial charge on any atom is -0.502 e. The molecule has 0 aliphatic carbocycles. The summed E-state index contributed by atoms with van der Waals surface area (Å²) in [6, 6.07) is 0. The molecule has 1 aliphatic heterocycles. The van der Waals surface area contributed by atoms with Crippen molar-refractivity contribution in [3.63, 3.8) is 0 Å². The lowest BCUT2D eigenvalue weighted by Crippen LogP contribution is -2.32. The van der Waals surface area contributed by atoms with E-state index in [1.54, 1.807) is 13.8 Å². The van der Waals surface area contributed by atoms with Crippen LogP contribution < -0.4 is 18.9 Å². The summed E-state index contributed by atoms with van der Waals surface area (Å²) in [5, 5.41) is 10.1. The van der Waals surface area contributed by atoms with Gasteiger partial charge in [-0.05, 0) is 13.8 Å². The highest BCUT2D eigenvalue weighted by Crippen LogP contribution is 2.56. The molecule has 1 aromatic rings. The van der Waals surface area contributed by atoms with Crippen LogP contribution in [0.4, 0.5) is 0 Å². The zero-order valence-electron chi connectivity index (χ0n) is 11.5. The summed E-state index contributed by atoms with van der Waals surface area (Å²) in [7, 11) is 4.15. The maximum Gasteiger partial charge on any atom is 0.213 e. The molecule has 0 unspecified atom stereocenters. The van der Waals surface area contributed by atoms with E-state index in [1.807, 2.05) is 0 Å². The van der Waals surface area contributed by atoms with Gasteiger partial charge in [0.1, 0.15) is 5.56 Å². The number of Topliss-reactive ketones (excluding diaryl/α,β-unsaturated/α-hetero) is 1. The Bertz CT molecular complexity index is 547. The molecular weight excluding hydrogens is 252 g/mol. The number of ether oxygens (including phenoxy) is 4. The topological polar surface area (TPSA) is 74.2 Å². The van der Waals surface area contributed by atoms with E-state index in [4.69, 9.17) is 18.9 Å². The predicted molar refractivity (Wildman–Crippen MR) is 66.8 cm³/mol. The highest BCUT2D eigenvalue weighted by Gasteiger charge is 2.46. The summed E-state index contributed by atoms with van der Waals surface area (Å²) in [5.41, 5.74) is -0.871. The second-order valence-corrected chi connectivity index (χ2v) is 4.59. The van der Waals surface area contributed by atoms with Gasteiger partial charge >= 0.3 is 0 Å². The normalized spacial score (nSPS) is 15.7. The maximum atomic E-state index is 12.3. The van der Waals surface area contributed by atoms with Gasteiger partial charge in [0.05, 0.1) is 21.3 Å². The van der Waals surface area contributed by atoms with Gasteiger partial charge in [0, 0.05) is 0 Å². The van der Waals surface area contributed by atoms with Gasteiger partial charge in [-0.1, -0.05) is 0 Å². The zero-order valence-corrected chi connectivity index (χ0v) is 11.5. The molecule has 0 amide bonds. The van der Waals surface area contributed by atoms with E-state index in [0.29, 0.717) is 0 Å². The van der Waals surface area contributed by atoms with Crippen LogP contribution in [0.3, 0.4) is 0 Å². The Morgan fingerprint density at radius 2 is 1.53 bits per heavy atom. The SMILES string of the molecule is COc1c(O)c(OC)c2c(c1OC)OC(C)(C)C2=O. The van der Waals surface area contributed by atoms with Crippen LogP contribution in [0.25, 0.3) is 0 Å². The van der Waals surface area contributed by atoms with Crippen molar-refractivity contribution in [3.8, 4) is 28.7 Å². The van der Waals surface area contributed by atoms with Crippen LogP contribution in [0.1, 0.15) is 24.2 Å². The largest absolute Gasteiger partial charge is 0.502 e. The van der Waals surface area contributed by atoms with Crippen molar-refractivity contribution in [1.29, 1.82) is 0 Å². The van der Waals surface area contributed by atoms with Gasteiger partial charge in [-0.25, -0.2) is 0 Å². The predicted octanol–water partition coefficient (Wildman–Crippen LogP) is 1.77. The van der Waals surface area contributed by atoms with Gasteiger partial charge in [0.25, 0.3) is 0 Å². The average Bonchev–Trinajstić information content (AvgIpc) is 2.60. The molecular formula is C13H16O6. The molecule has 0 bridgehead atoms. The van der Waals surface area contributed by atoms with Crippen molar-refractivity contribution in [2.75, 3.05) is 21.3 Å². The number of phenols is 1. The van der Waals surface area contributed by atoms with E-state index in [9.17, 15) is 9.90 Å². The van der Waals surface area contributed by atoms with Crippen LogP contribution in [0.2, 0.25) is 0 Å². The van der Waals surface area contributed by atoms with Crippen LogP contribution in [0.15, 0.2) is 0 Å². The van der Waals surface area contributed by atoms with Crippen molar-refractivity contribution in [1.82, 2.24) is 0 Å². The number of hydrogen-bond acceptors (Lipinski definition) is 6. The summed E-state index contributed by atoms with van der Waals surface area (Å²) in [6.07, 6.45) is 0. The lowest BCUT2D eigenvalue weighted by atomic mass is 9.98. The third-order valence-electron chi connectivity index (χ3n) is 3.04. The lowest BCUT2D eigenvalue weighted by Gasteiger charge is -2.17. The number of aromatic hydroxyl groups is 1. The van der Waals surface area contributed by atoms with Crippen LogP contribution in [0.5, 0.6) is 28.7 Å². The Balaban J connectivity index is 2.84. The summed E-state index contributed by atoms with van der Waals surface area (Å²) < 4.78 is 21.0. The zero-order chi connectivity index (χ0) is 14.4. The smallest absolute Gasteiger partial charge is 0.213 e. The van der Waals surface area contributed by atoms with E-state index in [1.165, 1.54) is 21.3 Å². The second kappa shape index (κ2) is 4.22. The fourth-order valence-electron chi connectivity index (χ4n) is 2.13. The standard InChI is InChI=1S/C13H16O6/c1-13(2)12(15)6-8(16-3)7(14)10(17-4)11(18-5)9(6)19-13/h14H,1-5H3. The van der Waals surface area contributed by atoms with Crippen LogP contribution >= 0.6 is 0 Å². The first kappa shape index (κ1) is 13.3. The Labute approximate surface area is 110 Å². The summed E-state index contributed by atoms with van der Waals surface area (Å²) in [6.45, 7) is 3.27.